The van der Waals surface area contributed by atoms with Gasteiger partial charge in [-0.15, -0.1) is 0 Å². The predicted molar refractivity (Wildman–Crippen MR) is 95.0 cm³/mol. The van der Waals surface area contributed by atoms with Crippen molar-refractivity contribution in [3.05, 3.63) is 77.7 Å². The van der Waals surface area contributed by atoms with Crippen LogP contribution in [0.3, 0.4) is 0 Å². The number of nitrogens with two attached hydrogens (primary N) is 1. The van der Waals surface area contributed by atoms with Crippen LogP contribution >= 0.6 is 0 Å². The van der Waals surface area contributed by atoms with Crippen molar-refractivity contribution in [1.29, 1.82) is 0 Å². The van der Waals surface area contributed by atoms with Crippen LogP contribution in [-0.2, 0) is 6.42 Å². The molecular weight excluding hydrogens is 319 g/mol. The number of carbonyl (C=O) groups is 1. The number of benzene rings is 2. The standard InChI is InChI=1S/C19H19FN4O/c20-15-7-4-6-14(12-15)19(25)22-11-5-8-16-13-18(21)24(23-16)17-9-2-1-3-10-17/h1-4,6-7,9-10,12-13H,5,8,11,21H2,(H,22,25). The third-order valence-electron chi connectivity index (χ3n) is 3.77. The average Bonchev–Trinajstić information content (AvgIpc) is 3.00. The van der Waals surface area contributed by atoms with Crippen LogP contribution < -0.4 is 11.1 Å². The number of hydrogen-bond donors (Lipinski definition) is 2. The topological polar surface area (TPSA) is 72.9 Å². The molecule has 0 bridgehead atoms. The van der Waals surface area contributed by atoms with E-state index < -0.39 is 5.82 Å². The second-order valence-corrected chi connectivity index (χ2v) is 5.68. The van der Waals surface area contributed by atoms with Crippen molar-refractivity contribution < 1.29 is 9.18 Å². The third kappa shape index (κ3) is 4.23. The van der Waals surface area contributed by atoms with E-state index in [2.05, 4.69) is 10.4 Å². The van der Waals surface area contributed by atoms with Gasteiger partial charge in [0.05, 0.1) is 11.4 Å². The van der Waals surface area contributed by atoms with Crippen molar-refractivity contribution in [2.45, 2.75) is 12.8 Å². The molecule has 2 aromatic carbocycles. The molecule has 1 heterocycles. The quantitative estimate of drug-likeness (QED) is 0.679. The fourth-order valence-corrected chi connectivity index (χ4v) is 2.55. The number of aryl methyl sites for hydroxylation is 1. The molecule has 0 spiro atoms. The highest BCUT2D eigenvalue weighted by atomic mass is 19.1. The Morgan fingerprint density at radius 3 is 2.68 bits per heavy atom. The molecule has 3 N–H and O–H groups in total. The number of nitrogens with one attached hydrogen (secondary N) is 1. The third-order valence-corrected chi connectivity index (χ3v) is 3.77. The molecule has 0 saturated carbocycles. The van der Waals surface area contributed by atoms with Crippen molar-refractivity contribution in [2.24, 2.45) is 0 Å². The van der Waals surface area contributed by atoms with Gasteiger partial charge in [-0.3, -0.25) is 4.79 Å². The maximum atomic E-state index is 13.1. The van der Waals surface area contributed by atoms with Crippen molar-refractivity contribution in [2.75, 3.05) is 12.3 Å². The lowest BCUT2D eigenvalue weighted by molar-refractivity contribution is 0.0952. The Bertz CT molecular complexity index is 861. The van der Waals surface area contributed by atoms with Crippen LogP contribution in [0.15, 0.2) is 60.7 Å². The number of halogens is 1. The maximum Gasteiger partial charge on any atom is 0.251 e. The van der Waals surface area contributed by atoms with Crippen LogP contribution in [0.2, 0.25) is 0 Å². The van der Waals surface area contributed by atoms with Crippen molar-refractivity contribution in [3.8, 4) is 5.69 Å². The highest BCUT2D eigenvalue weighted by Crippen LogP contribution is 2.15. The van der Waals surface area contributed by atoms with Crippen molar-refractivity contribution >= 4 is 11.7 Å². The molecule has 6 heteroatoms. The van der Waals surface area contributed by atoms with E-state index in [1.54, 1.807) is 10.7 Å². The summed E-state index contributed by atoms with van der Waals surface area (Å²) in [5.41, 5.74) is 8.10. The normalized spacial score (nSPS) is 10.6. The van der Waals surface area contributed by atoms with Crippen LogP contribution in [0, 0.1) is 5.82 Å². The highest BCUT2D eigenvalue weighted by Gasteiger charge is 2.08. The molecular formula is C19H19FN4O. The maximum absolute atomic E-state index is 13.1. The number of para-hydroxylation sites is 1. The van der Waals surface area contributed by atoms with Crippen molar-refractivity contribution in [1.82, 2.24) is 15.1 Å². The Balaban J connectivity index is 1.52. The number of nitrogen functional groups attached to an aromatic ring is 1. The first kappa shape index (κ1) is 16.7. The zero-order chi connectivity index (χ0) is 17.6. The summed E-state index contributed by atoms with van der Waals surface area (Å²) in [4.78, 5) is 11.9. The van der Waals surface area contributed by atoms with E-state index in [1.807, 2.05) is 36.4 Å². The Hall–Kier alpha value is -3.15. The molecule has 1 aromatic heterocycles. The number of rotatable bonds is 6. The largest absolute Gasteiger partial charge is 0.384 e. The summed E-state index contributed by atoms with van der Waals surface area (Å²) in [6.07, 6.45) is 1.40. The van der Waals surface area contributed by atoms with Crippen LogP contribution in [0.4, 0.5) is 10.2 Å². The number of nitrogens with zero attached hydrogens (tertiary/aromatic N) is 2. The monoisotopic (exact) mass is 338 g/mol. The van der Waals surface area contributed by atoms with E-state index in [-0.39, 0.29) is 5.91 Å². The van der Waals surface area contributed by atoms with E-state index in [4.69, 9.17) is 5.73 Å². The van der Waals surface area contributed by atoms with Crippen LogP contribution in [0.1, 0.15) is 22.5 Å². The van der Waals surface area contributed by atoms with Gasteiger partial charge in [-0.05, 0) is 43.2 Å². The summed E-state index contributed by atoms with van der Waals surface area (Å²) in [6, 6.07) is 17.1. The van der Waals surface area contributed by atoms with Crippen LogP contribution in [-0.4, -0.2) is 22.2 Å². The van der Waals surface area contributed by atoms with Gasteiger partial charge >= 0.3 is 0 Å². The minimum Gasteiger partial charge on any atom is -0.384 e. The van der Waals surface area contributed by atoms with E-state index in [9.17, 15) is 9.18 Å². The molecule has 5 nitrogen and oxygen atoms in total. The molecule has 3 aromatic rings. The van der Waals surface area contributed by atoms with Crippen LogP contribution in [0.25, 0.3) is 5.69 Å². The first-order valence-corrected chi connectivity index (χ1v) is 8.07. The Morgan fingerprint density at radius 1 is 1.12 bits per heavy atom. The summed E-state index contributed by atoms with van der Waals surface area (Å²) in [5.74, 6) is -0.131. The molecule has 0 fully saturated rings. The van der Waals surface area contributed by atoms with E-state index in [0.29, 0.717) is 30.8 Å². The number of aromatic nitrogens is 2. The predicted octanol–water partition coefficient (Wildman–Crippen LogP) is 2.96. The molecule has 0 aliphatic carbocycles. The van der Waals surface area contributed by atoms with Gasteiger partial charge in [0.15, 0.2) is 0 Å². The second-order valence-electron chi connectivity index (χ2n) is 5.68. The molecule has 0 aliphatic heterocycles. The first-order valence-electron chi connectivity index (χ1n) is 8.07. The average molecular weight is 338 g/mol. The molecule has 0 atom stereocenters. The lowest BCUT2D eigenvalue weighted by Crippen LogP contribution is -2.24. The summed E-state index contributed by atoms with van der Waals surface area (Å²) in [7, 11) is 0. The van der Waals surface area contributed by atoms with Gasteiger partial charge in [0.1, 0.15) is 11.6 Å². The van der Waals surface area contributed by atoms with E-state index in [0.717, 1.165) is 11.4 Å². The molecule has 0 aliphatic rings. The van der Waals surface area contributed by atoms with Gasteiger partial charge in [-0.25, -0.2) is 9.07 Å². The SMILES string of the molecule is Nc1cc(CCCNC(=O)c2cccc(F)c2)nn1-c1ccccc1. The molecule has 128 valence electrons. The molecule has 25 heavy (non-hydrogen) atoms. The Labute approximate surface area is 145 Å². The van der Waals surface area contributed by atoms with Gasteiger partial charge in [0, 0.05) is 18.2 Å². The Morgan fingerprint density at radius 2 is 1.92 bits per heavy atom. The van der Waals surface area contributed by atoms with Gasteiger partial charge in [-0.1, -0.05) is 24.3 Å². The fraction of sp³-hybridized carbons (Fsp3) is 0.158. The van der Waals surface area contributed by atoms with Gasteiger partial charge in [-0.2, -0.15) is 5.10 Å². The second kappa shape index (κ2) is 7.61. The zero-order valence-corrected chi connectivity index (χ0v) is 13.7. The number of hydrogen-bond acceptors (Lipinski definition) is 3. The molecule has 0 saturated heterocycles. The first-order chi connectivity index (χ1) is 12.1. The van der Waals surface area contributed by atoms with Gasteiger partial charge < -0.3 is 11.1 Å². The molecule has 1 amide bonds. The van der Waals surface area contributed by atoms with E-state index >= 15 is 0 Å². The number of carbonyl (C=O) groups excluding carboxylic acids is 1. The van der Waals surface area contributed by atoms with Gasteiger partial charge in [0.2, 0.25) is 0 Å². The number of anilines is 1. The smallest absolute Gasteiger partial charge is 0.251 e. The highest BCUT2D eigenvalue weighted by molar-refractivity contribution is 5.94. The summed E-state index contributed by atoms with van der Waals surface area (Å²) in [5, 5.41) is 7.27. The van der Waals surface area contributed by atoms with Crippen LogP contribution in [0.5, 0.6) is 0 Å². The number of amides is 1. The van der Waals surface area contributed by atoms with Gasteiger partial charge in [0.25, 0.3) is 5.91 Å². The summed E-state index contributed by atoms with van der Waals surface area (Å²) >= 11 is 0. The lowest BCUT2D eigenvalue weighted by atomic mass is 10.2. The zero-order valence-electron chi connectivity index (χ0n) is 13.7. The summed E-state index contributed by atoms with van der Waals surface area (Å²) in [6.45, 7) is 0.480. The van der Waals surface area contributed by atoms with Crippen molar-refractivity contribution in [3.63, 3.8) is 0 Å². The molecule has 0 unspecified atom stereocenters. The Kier molecular flexibility index (Phi) is 5.09. The minimum absolute atomic E-state index is 0.283. The van der Waals surface area contributed by atoms with E-state index in [1.165, 1.54) is 18.2 Å². The minimum atomic E-state index is -0.422. The molecule has 3 rings (SSSR count). The lowest BCUT2D eigenvalue weighted by Gasteiger charge is -2.05. The summed E-state index contributed by atoms with van der Waals surface area (Å²) < 4.78 is 14.8. The molecule has 0 radical (unpaired) electrons. The fourth-order valence-electron chi connectivity index (χ4n) is 2.55.